The summed E-state index contributed by atoms with van der Waals surface area (Å²) in [5.41, 5.74) is 5.66. The number of carbonyl (C=O) groups excluding carboxylic acids is 1. The van der Waals surface area contributed by atoms with Gasteiger partial charge in [-0.3, -0.25) is 0 Å². The SMILES string of the molecule is C=CCN1C(=O)N=C(N)C12CCNCC2CC. The Hall–Kier alpha value is -1.36. The third-order valence-corrected chi connectivity index (χ3v) is 3.93. The summed E-state index contributed by atoms with van der Waals surface area (Å²) in [7, 11) is 0. The van der Waals surface area contributed by atoms with E-state index in [4.69, 9.17) is 5.73 Å². The molecule has 0 aromatic carbocycles. The van der Waals surface area contributed by atoms with Gasteiger partial charge < -0.3 is 16.0 Å². The molecule has 1 saturated heterocycles. The van der Waals surface area contributed by atoms with Crippen LogP contribution in [-0.4, -0.2) is 41.9 Å². The van der Waals surface area contributed by atoms with E-state index in [1.54, 1.807) is 11.0 Å². The number of nitrogens with zero attached hydrogens (tertiary/aromatic N) is 2. The van der Waals surface area contributed by atoms with Crippen molar-refractivity contribution >= 4 is 11.9 Å². The maximum Gasteiger partial charge on any atom is 0.346 e. The zero-order valence-electron chi connectivity index (χ0n) is 10.3. The third kappa shape index (κ3) is 1.65. The molecule has 17 heavy (non-hydrogen) atoms. The van der Waals surface area contributed by atoms with Gasteiger partial charge in [0.05, 0.1) is 0 Å². The average molecular weight is 236 g/mol. The molecule has 3 N–H and O–H groups in total. The first-order valence-electron chi connectivity index (χ1n) is 6.14. The molecule has 1 spiro atoms. The minimum atomic E-state index is -0.384. The number of hydrogen-bond donors (Lipinski definition) is 2. The number of rotatable bonds is 3. The van der Waals surface area contributed by atoms with Gasteiger partial charge in [0.25, 0.3) is 0 Å². The number of nitrogens with two attached hydrogens (primary N) is 1. The van der Waals surface area contributed by atoms with Crippen molar-refractivity contribution in [1.29, 1.82) is 0 Å². The Kier molecular flexibility index (Phi) is 3.19. The van der Waals surface area contributed by atoms with Gasteiger partial charge in [-0.25, -0.2) is 4.79 Å². The Labute approximate surface area is 102 Å². The Bertz CT molecular complexity index is 366. The zero-order chi connectivity index (χ0) is 12.5. The molecule has 0 saturated carbocycles. The molecular formula is C12H20N4O. The fourth-order valence-electron chi connectivity index (χ4n) is 3.04. The van der Waals surface area contributed by atoms with E-state index in [0.717, 1.165) is 25.9 Å². The highest BCUT2D eigenvalue weighted by atomic mass is 16.2. The summed E-state index contributed by atoms with van der Waals surface area (Å²) in [6.07, 6.45) is 3.55. The highest BCUT2D eigenvalue weighted by Crippen LogP contribution is 2.37. The van der Waals surface area contributed by atoms with Crippen LogP contribution in [0.3, 0.4) is 0 Å². The topological polar surface area (TPSA) is 70.7 Å². The fourth-order valence-corrected chi connectivity index (χ4v) is 3.04. The first-order valence-corrected chi connectivity index (χ1v) is 6.14. The Morgan fingerprint density at radius 2 is 2.53 bits per heavy atom. The van der Waals surface area contributed by atoms with Crippen LogP contribution in [0.25, 0.3) is 0 Å². The minimum absolute atomic E-state index is 0.220. The Morgan fingerprint density at radius 3 is 3.18 bits per heavy atom. The summed E-state index contributed by atoms with van der Waals surface area (Å²) in [6.45, 7) is 8.10. The second-order valence-corrected chi connectivity index (χ2v) is 4.66. The Balaban J connectivity index is 2.39. The molecule has 0 aromatic rings. The molecule has 2 aliphatic rings. The van der Waals surface area contributed by atoms with Gasteiger partial charge in [-0.2, -0.15) is 4.99 Å². The predicted molar refractivity (Wildman–Crippen MR) is 67.9 cm³/mol. The second kappa shape index (κ2) is 4.49. The van der Waals surface area contributed by atoms with E-state index in [2.05, 4.69) is 23.8 Å². The molecule has 5 heteroatoms. The predicted octanol–water partition coefficient (Wildman–Crippen LogP) is 0.723. The van der Waals surface area contributed by atoms with Crippen molar-refractivity contribution in [3.63, 3.8) is 0 Å². The lowest BCUT2D eigenvalue weighted by atomic mass is 9.75. The van der Waals surface area contributed by atoms with Gasteiger partial charge in [-0.05, 0) is 19.4 Å². The molecule has 0 radical (unpaired) electrons. The number of urea groups is 1. The third-order valence-electron chi connectivity index (χ3n) is 3.93. The van der Waals surface area contributed by atoms with E-state index < -0.39 is 0 Å². The van der Waals surface area contributed by atoms with Crippen LogP contribution < -0.4 is 11.1 Å². The molecule has 2 rings (SSSR count). The van der Waals surface area contributed by atoms with Crippen LogP contribution in [0.1, 0.15) is 19.8 Å². The van der Waals surface area contributed by atoms with Crippen molar-refractivity contribution in [2.45, 2.75) is 25.3 Å². The van der Waals surface area contributed by atoms with Crippen molar-refractivity contribution in [3.05, 3.63) is 12.7 Å². The summed E-state index contributed by atoms with van der Waals surface area (Å²) in [6, 6.07) is -0.220. The van der Waals surface area contributed by atoms with Crippen LogP contribution in [0, 0.1) is 5.92 Å². The quantitative estimate of drug-likeness (QED) is 0.709. The lowest BCUT2D eigenvalue weighted by molar-refractivity contribution is 0.109. The highest BCUT2D eigenvalue weighted by Gasteiger charge is 2.53. The lowest BCUT2D eigenvalue weighted by Crippen LogP contribution is -2.64. The summed E-state index contributed by atoms with van der Waals surface area (Å²) in [5.74, 6) is 0.809. The summed E-state index contributed by atoms with van der Waals surface area (Å²) in [4.78, 5) is 17.7. The monoisotopic (exact) mass is 236 g/mol. The molecule has 0 aliphatic carbocycles. The van der Waals surface area contributed by atoms with Crippen molar-refractivity contribution < 1.29 is 4.79 Å². The van der Waals surface area contributed by atoms with Crippen molar-refractivity contribution in [2.75, 3.05) is 19.6 Å². The molecular weight excluding hydrogens is 216 g/mol. The van der Waals surface area contributed by atoms with Gasteiger partial charge in [-0.15, -0.1) is 6.58 Å². The maximum absolute atomic E-state index is 11.9. The van der Waals surface area contributed by atoms with Gasteiger partial charge in [0.2, 0.25) is 0 Å². The minimum Gasteiger partial charge on any atom is -0.385 e. The number of hydrogen-bond acceptors (Lipinski definition) is 3. The van der Waals surface area contributed by atoms with Gasteiger partial charge >= 0.3 is 6.03 Å². The van der Waals surface area contributed by atoms with Crippen LogP contribution in [-0.2, 0) is 0 Å². The second-order valence-electron chi connectivity index (χ2n) is 4.66. The summed E-state index contributed by atoms with van der Waals surface area (Å²) >= 11 is 0. The van der Waals surface area contributed by atoms with Gasteiger partial charge in [0.1, 0.15) is 11.4 Å². The van der Waals surface area contributed by atoms with Crippen LogP contribution in [0.15, 0.2) is 17.6 Å². The number of aliphatic imine (C=N–C) groups is 1. The standard InChI is InChI=1S/C12H20N4O/c1-3-7-16-11(17)15-10(13)12(16)5-6-14-8-9(12)4-2/h3,9,14H,1,4-8H2,2H3,(H2,13,15,17). The molecule has 2 heterocycles. The molecule has 2 unspecified atom stereocenters. The summed E-state index contributed by atoms with van der Waals surface area (Å²) in [5, 5.41) is 3.36. The number of carbonyl (C=O) groups is 1. The smallest absolute Gasteiger partial charge is 0.346 e. The van der Waals surface area contributed by atoms with E-state index >= 15 is 0 Å². The van der Waals surface area contributed by atoms with E-state index in [0.29, 0.717) is 18.3 Å². The molecule has 0 bridgehead atoms. The molecule has 2 atom stereocenters. The van der Waals surface area contributed by atoms with Crippen LogP contribution in [0.2, 0.25) is 0 Å². The number of amidine groups is 1. The van der Waals surface area contributed by atoms with Crippen LogP contribution >= 0.6 is 0 Å². The lowest BCUT2D eigenvalue weighted by Gasteiger charge is -2.46. The molecule has 1 fully saturated rings. The van der Waals surface area contributed by atoms with E-state index in [1.165, 1.54) is 0 Å². The van der Waals surface area contributed by atoms with Crippen LogP contribution in [0.5, 0.6) is 0 Å². The molecule has 2 amide bonds. The van der Waals surface area contributed by atoms with Gasteiger partial charge in [-0.1, -0.05) is 13.0 Å². The Morgan fingerprint density at radius 1 is 1.76 bits per heavy atom. The average Bonchev–Trinajstić information content (AvgIpc) is 2.55. The van der Waals surface area contributed by atoms with E-state index in [1.807, 2.05) is 0 Å². The number of piperidine rings is 1. The largest absolute Gasteiger partial charge is 0.385 e. The molecule has 94 valence electrons. The molecule has 5 nitrogen and oxygen atoms in total. The first-order chi connectivity index (χ1) is 8.16. The number of amides is 2. The fraction of sp³-hybridized carbons (Fsp3) is 0.667. The normalized spacial score (nSPS) is 33.0. The summed E-state index contributed by atoms with van der Waals surface area (Å²) < 4.78 is 0. The number of nitrogens with one attached hydrogen (secondary N) is 1. The van der Waals surface area contributed by atoms with Crippen molar-refractivity contribution in [2.24, 2.45) is 16.6 Å². The highest BCUT2D eigenvalue weighted by molar-refractivity contribution is 6.06. The first kappa shape index (κ1) is 12.1. The van der Waals surface area contributed by atoms with E-state index in [-0.39, 0.29) is 11.6 Å². The van der Waals surface area contributed by atoms with Crippen molar-refractivity contribution in [3.8, 4) is 0 Å². The van der Waals surface area contributed by atoms with Crippen molar-refractivity contribution in [1.82, 2.24) is 10.2 Å². The van der Waals surface area contributed by atoms with E-state index in [9.17, 15) is 4.79 Å². The molecule has 0 aromatic heterocycles. The molecule has 2 aliphatic heterocycles. The van der Waals surface area contributed by atoms with Gasteiger partial charge in [0, 0.05) is 19.0 Å². The van der Waals surface area contributed by atoms with Gasteiger partial charge in [0.15, 0.2) is 0 Å². The van der Waals surface area contributed by atoms with Crippen LogP contribution in [0.4, 0.5) is 4.79 Å². The maximum atomic E-state index is 11.9. The zero-order valence-corrected chi connectivity index (χ0v) is 10.3.